The van der Waals surface area contributed by atoms with Crippen molar-refractivity contribution in [2.45, 2.75) is 25.3 Å². The molecular formula is C18H23FN2O4S. The number of carbonyl (C=O) groups is 2. The summed E-state index contributed by atoms with van der Waals surface area (Å²) in [5.74, 6) is -0.921. The second-order valence-electron chi connectivity index (χ2n) is 7.10. The van der Waals surface area contributed by atoms with Gasteiger partial charge in [0.1, 0.15) is 5.82 Å². The Bertz CT molecular complexity index is 794. The highest BCUT2D eigenvalue weighted by Gasteiger charge is 2.37. The number of hydrogen-bond donors (Lipinski definition) is 0. The van der Waals surface area contributed by atoms with Crippen molar-refractivity contribution in [3.05, 3.63) is 35.6 Å². The quantitative estimate of drug-likeness (QED) is 0.790. The van der Waals surface area contributed by atoms with Crippen LogP contribution in [0.1, 0.15) is 29.6 Å². The van der Waals surface area contributed by atoms with Crippen LogP contribution >= 0.6 is 0 Å². The normalized spacial score (nSPS) is 25.1. The number of benzene rings is 1. The van der Waals surface area contributed by atoms with Gasteiger partial charge >= 0.3 is 0 Å². The lowest BCUT2D eigenvalue weighted by atomic mass is 9.95. The maximum atomic E-state index is 13.0. The van der Waals surface area contributed by atoms with Crippen LogP contribution < -0.4 is 0 Å². The maximum absolute atomic E-state index is 13.0. The standard InChI is InChI=1S/C18H23FN2O4S/c1-20(16-8-10-26(24,25)12-16)17(22)14-3-2-9-21(11-14)18(23)13-4-6-15(19)7-5-13/h4-7,14,16H,2-3,8-12H2,1H3/t14-,16+/m0/s1. The van der Waals surface area contributed by atoms with Gasteiger partial charge in [0.15, 0.2) is 9.84 Å². The number of rotatable bonds is 3. The monoisotopic (exact) mass is 382 g/mol. The van der Waals surface area contributed by atoms with Gasteiger partial charge in [0, 0.05) is 31.7 Å². The lowest BCUT2D eigenvalue weighted by molar-refractivity contribution is -0.137. The van der Waals surface area contributed by atoms with Gasteiger partial charge in [-0.15, -0.1) is 0 Å². The first-order valence-corrected chi connectivity index (χ1v) is 10.6. The van der Waals surface area contributed by atoms with Crippen molar-refractivity contribution in [2.24, 2.45) is 5.92 Å². The van der Waals surface area contributed by atoms with Gasteiger partial charge in [-0.25, -0.2) is 12.8 Å². The van der Waals surface area contributed by atoms with Crippen LogP contribution in [0, 0.1) is 11.7 Å². The van der Waals surface area contributed by atoms with Crippen LogP contribution in [0.5, 0.6) is 0 Å². The molecule has 2 heterocycles. The second kappa shape index (κ2) is 7.34. The zero-order chi connectivity index (χ0) is 18.9. The molecular weight excluding hydrogens is 359 g/mol. The number of piperidine rings is 1. The molecule has 26 heavy (non-hydrogen) atoms. The van der Waals surface area contributed by atoms with Gasteiger partial charge in [0.05, 0.1) is 17.4 Å². The van der Waals surface area contributed by atoms with Crippen LogP contribution in [-0.2, 0) is 14.6 Å². The predicted octanol–water partition coefficient (Wildman–Crippen LogP) is 1.32. The van der Waals surface area contributed by atoms with E-state index in [-0.39, 0.29) is 35.3 Å². The topological polar surface area (TPSA) is 74.8 Å². The summed E-state index contributed by atoms with van der Waals surface area (Å²) >= 11 is 0. The molecule has 2 aliphatic heterocycles. The molecule has 0 radical (unpaired) electrons. The van der Waals surface area contributed by atoms with E-state index in [9.17, 15) is 22.4 Å². The molecule has 8 heteroatoms. The van der Waals surface area contributed by atoms with Crippen LogP contribution in [0.2, 0.25) is 0 Å². The van der Waals surface area contributed by atoms with Crippen LogP contribution in [-0.4, -0.2) is 67.7 Å². The Labute approximate surface area is 152 Å². The van der Waals surface area contributed by atoms with Gasteiger partial charge in [-0.05, 0) is 43.5 Å². The Morgan fingerprint density at radius 2 is 1.88 bits per heavy atom. The lowest BCUT2D eigenvalue weighted by Gasteiger charge is -2.35. The fourth-order valence-corrected chi connectivity index (χ4v) is 5.46. The van der Waals surface area contributed by atoms with E-state index in [0.29, 0.717) is 37.9 Å². The molecule has 0 N–H and O–H groups in total. The number of likely N-dealkylation sites (tertiary alicyclic amines) is 1. The smallest absolute Gasteiger partial charge is 0.253 e. The molecule has 142 valence electrons. The van der Waals surface area contributed by atoms with Crippen molar-refractivity contribution in [2.75, 3.05) is 31.6 Å². The first-order chi connectivity index (χ1) is 12.3. The first-order valence-electron chi connectivity index (χ1n) is 8.79. The molecule has 0 aliphatic carbocycles. The highest BCUT2D eigenvalue weighted by Crippen LogP contribution is 2.24. The van der Waals surface area contributed by atoms with Crippen molar-refractivity contribution in [1.82, 2.24) is 9.80 Å². The zero-order valence-electron chi connectivity index (χ0n) is 14.7. The van der Waals surface area contributed by atoms with Gasteiger partial charge in [0.2, 0.25) is 5.91 Å². The molecule has 1 aromatic rings. The summed E-state index contributed by atoms with van der Waals surface area (Å²) in [6.07, 6.45) is 1.85. The van der Waals surface area contributed by atoms with Crippen LogP contribution in [0.4, 0.5) is 4.39 Å². The highest BCUT2D eigenvalue weighted by molar-refractivity contribution is 7.91. The highest BCUT2D eigenvalue weighted by atomic mass is 32.2. The fraction of sp³-hybridized carbons (Fsp3) is 0.556. The van der Waals surface area contributed by atoms with Crippen molar-refractivity contribution in [1.29, 1.82) is 0 Å². The predicted molar refractivity (Wildman–Crippen MR) is 94.9 cm³/mol. The fourth-order valence-electron chi connectivity index (χ4n) is 3.69. The number of nitrogens with zero attached hydrogens (tertiary/aromatic N) is 2. The molecule has 0 aromatic heterocycles. The maximum Gasteiger partial charge on any atom is 0.253 e. The second-order valence-corrected chi connectivity index (χ2v) is 9.33. The van der Waals surface area contributed by atoms with Crippen molar-refractivity contribution < 1.29 is 22.4 Å². The molecule has 6 nitrogen and oxygen atoms in total. The Morgan fingerprint density at radius 1 is 1.19 bits per heavy atom. The Kier molecular flexibility index (Phi) is 5.32. The number of hydrogen-bond acceptors (Lipinski definition) is 4. The van der Waals surface area contributed by atoms with E-state index in [4.69, 9.17) is 0 Å². The van der Waals surface area contributed by atoms with Crippen molar-refractivity contribution >= 4 is 21.7 Å². The molecule has 0 bridgehead atoms. The number of carbonyl (C=O) groups excluding carboxylic acids is 2. The minimum absolute atomic E-state index is 0.0141. The largest absolute Gasteiger partial charge is 0.341 e. The van der Waals surface area contributed by atoms with Crippen LogP contribution in [0.3, 0.4) is 0 Å². The summed E-state index contributed by atoms with van der Waals surface area (Å²) in [7, 11) is -1.41. The average Bonchev–Trinajstić information content (AvgIpc) is 3.00. The molecule has 0 saturated carbocycles. The van der Waals surface area contributed by atoms with E-state index in [2.05, 4.69) is 0 Å². The van der Waals surface area contributed by atoms with Crippen molar-refractivity contribution in [3.63, 3.8) is 0 Å². The molecule has 2 fully saturated rings. The van der Waals surface area contributed by atoms with E-state index in [1.165, 1.54) is 24.3 Å². The SMILES string of the molecule is CN(C(=O)[C@H]1CCCN(C(=O)c2ccc(F)cc2)C1)[C@@H]1CCS(=O)(=O)C1. The van der Waals surface area contributed by atoms with Gasteiger partial charge < -0.3 is 9.80 Å². The Balaban J connectivity index is 1.65. The number of sulfone groups is 1. The Hall–Kier alpha value is -1.96. The minimum atomic E-state index is -3.06. The number of halogens is 1. The van der Waals surface area contributed by atoms with Gasteiger partial charge in [0.25, 0.3) is 5.91 Å². The van der Waals surface area contributed by atoms with Crippen molar-refractivity contribution in [3.8, 4) is 0 Å². The van der Waals surface area contributed by atoms with E-state index in [1.54, 1.807) is 16.8 Å². The summed E-state index contributed by atoms with van der Waals surface area (Å²) in [5, 5.41) is 0. The third kappa shape index (κ3) is 4.06. The first kappa shape index (κ1) is 18.8. The molecule has 0 spiro atoms. The third-order valence-electron chi connectivity index (χ3n) is 5.25. The molecule has 0 unspecified atom stereocenters. The lowest BCUT2D eigenvalue weighted by Crippen LogP contribution is -2.48. The number of amides is 2. The summed E-state index contributed by atoms with van der Waals surface area (Å²) in [6.45, 7) is 0.861. The van der Waals surface area contributed by atoms with E-state index in [1.807, 2.05) is 0 Å². The molecule has 3 rings (SSSR count). The van der Waals surface area contributed by atoms with Gasteiger partial charge in [-0.1, -0.05) is 0 Å². The van der Waals surface area contributed by atoms with E-state index < -0.39 is 15.7 Å². The van der Waals surface area contributed by atoms with E-state index >= 15 is 0 Å². The van der Waals surface area contributed by atoms with Gasteiger partial charge in [-0.2, -0.15) is 0 Å². The summed E-state index contributed by atoms with van der Waals surface area (Å²) < 4.78 is 36.3. The average molecular weight is 382 g/mol. The summed E-state index contributed by atoms with van der Waals surface area (Å²) in [5.41, 5.74) is 0.398. The van der Waals surface area contributed by atoms with Crippen LogP contribution in [0.25, 0.3) is 0 Å². The van der Waals surface area contributed by atoms with Gasteiger partial charge in [-0.3, -0.25) is 9.59 Å². The van der Waals surface area contributed by atoms with E-state index in [0.717, 1.165) is 0 Å². The molecule has 2 saturated heterocycles. The summed E-state index contributed by atoms with van der Waals surface area (Å²) in [4.78, 5) is 28.5. The zero-order valence-corrected chi connectivity index (χ0v) is 15.5. The molecule has 1 aromatic carbocycles. The summed E-state index contributed by atoms with van der Waals surface area (Å²) in [6, 6.07) is 5.09. The Morgan fingerprint density at radius 3 is 2.50 bits per heavy atom. The molecule has 2 amide bonds. The molecule has 2 atom stereocenters. The minimum Gasteiger partial charge on any atom is -0.341 e. The van der Waals surface area contributed by atoms with Crippen LogP contribution in [0.15, 0.2) is 24.3 Å². The molecule has 2 aliphatic rings. The third-order valence-corrected chi connectivity index (χ3v) is 7.00.